The summed E-state index contributed by atoms with van der Waals surface area (Å²) in [4.78, 5) is 23.6. The number of hydroxylamine groups is 2. The van der Waals surface area contributed by atoms with Gasteiger partial charge in [-0.3, -0.25) is 9.63 Å². The van der Waals surface area contributed by atoms with Crippen molar-refractivity contribution in [2.75, 3.05) is 13.2 Å². The number of hydrogen-bond donors (Lipinski definition) is 0. The minimum Gasteiger partial charge on any atom is -0.327 e. The normalized spacial score (nSPS) is 21.2. The van der Waals surface area contributed by atoms with Crippen LogP contribution in [0, 0.1) is 5.41 Å². The fourth-order valence-electron chi connectivity index (χ4n) is 4.04. The monoisotopic (exact) mass is 337 g/mol. The Morgan fingerprint density at radius 2 is 1.96 bits per heavy atom. The van der Waals surface area contributed by atoms with E-state index in [1.54, 1.807) is 5.06 Å². The van der Waals surface area contributed by atoms with E-state index >= 15 is 0 Å². The molecule has 1 aliphatic carbocycles. The first-order chi connectivity index (χ1) is 12.3. The molecule has 2 aliphatic heterocycles. The maximum atomic E-state index is 13.1. The van der Waals surface area contributed by atoms with Gasteiger partial charge in [0.15, 0.2) is 5.69 Å². The van der Waals surface area contributed by atoms with Crippen LogP contribution in [0.3, 0.4) is 0 Å². The van der Waals surface area contributed by atoms with Crippen LogP contribution in [-0.4, -0.2) is 33.7 Å². The van der Waals surface area contributed by atoms with Gasteiger partial charge in [0, 0.05) is 17.5 Å². The molecular weight excluding hydrogens is 314 g/mol. The minimum absolute atomic E-state index is 0.0587. The van der Waals surface area contributed by atoms with E-state index in [4.69, 9.17) is 9.82 Å². The molecule has 5 rings (SSSR count). The summed E-state index contributed by atoms with van der Waals surface area (Å²) >= 11 is 0. The van der Waals surface area contributed by atoms with Gasteiger partial charge in [0.25, 0.3) is 5.91 Å². The van der Waals surface area contributed by atoms with E-state index in [2.05, 4.69) is 16.7 Å². The van der Waals surface area contributed by atoms with Gasteiger partial charge in [-0.25, -0.2) is 10.0 Å². The third-order valence-electron chi connectivity index (χ3n) is 5.79. The number of imidazole rings is 1. The molecule has 2 aromatic rings. The topological polar surface area (TPSA) is 47.4 Å². The Morgan fingerprint density at radius 3 is 2.72 bits per heavy atom. The zero-order chi connectivity index (χ0) is 16.9. The van der Waals surface area contributed by atoms with E-state index in [1.165, 1.54) is 19.3 Å². The molecule has 2 fully saturated rings. The zero-order valence-corrected chi connectivity index (χ0v) is 14.4. The maximum absolute atomic E-state index is 13.1. The summed E-state index contributed by atoms with van der Waals surface area (Å²) in [5.41, 5.74) is 3.00. The maximum Gasteiger partial charge on any atom is 0.297 e. The number of carbonyl (C=O) groups is 1. The lowest BCUT2D eigenvalue weighted by Crippen LogP contribution is -2.29. The van der Waals surface area contributed by atoms with Crippen molar-refractivity contribution in [3.05, 3.63) is 41.7 Å². The molecule has 0 unspecified atom stereocenters. The molecule has 1 amide bonds. The van der Waals surface area contributed by atoms with Gasteiger partial charge in [-0.2, -0.15) is 0 Å². The van der Waals surface area contributed by atoms with Crippen molar-refractivity contribution in [2.24, 2.45) is 5.41 Å². The summed E-state index contributed by atoms with van der Waals surface area (Å²) in [6.45, 7) is 2.34. The van der Waals surface area contributed by atoms with Crippen molar-refractivity contribution in [3.8, 4) is 11.4 Å². The Labute approximate surface area is 147 Å². The molecule has 1 saturated heterocycles. The molecule has 0 atom stereocenters. The summed E-state index contributed by atoms with van der Waals surface area (Å²) in [5, 5.41) is 1.57. The fourth-order valence-corrected chi connectivity index (χ4v) is 4.04. The van der Waals surface area contributed by atoms with Crippen LogP contribution in [0.15, 0.2) is 30.3 Å². The zero-order valence-electron chi connectivity index (χ0n) is 14.4. The van der Waals surface area contributed by atoms with Crippen LogP contribution in [0.4, 0.5) is 0 Å². The molecule has 1 aromatic carbocycles. The average molecular weight is 337 g/mol. The number of hydrogen-bond acceptors (Lipinski definition) is 3. The molecule has 3 heterocycles. The molecule has 5 heteroatoms. The molecule has 25 heavy (non-hydrogen) atoms. The number of rotatable bonds is 2. The van der Waals surface area contributed by atoms with Gasteiger partial charge in [-0.1, -0.05) is 36.8 Å². The van der Waals surface area contributed by atoms with Gasteiger partial charge in [0.05, 0.1) is 18.8 Å². The molecule has 3 aliphatic rings. The summed E-state index contributed by atoms with van der Waals surface area (Å²) in [6.07, 6.45) is 6.72. The van der Waals surface area contributed by atoms with Crippen LogP contribution in [0.2, 0.25) is 0 Å². The highest BCUT2D eigenvalue weighted by Crippen LogP contribution is 2.50. The molecule has 0 bridgehead atoms. The van der Waals surface area contributed by atoms with Crippen molar-refractivity contribution >= 4 is 5.91 Å². The molecule has 1 saturated carbocycles. The summed E-state index contributed by atoms with van der Waals surface area (Å²) < 4.78 is 2.26. The van der Waals surface area contributed by atoms with Gasteiger partial charge in [0.1, 0.15) is 5.82 Å². The van der Waals surface area contributed by atoms with E-state index in [1.807, 2.05) is 18.2 Å². The fraction of sp³-hybridized carbons (Fsp3) is 0.500. The molecule has 5 nitrogen and oxygen atoms in total. The largest absolute Gasteiger partial charge is 0.327 e. The van der Waals surface area contributed by atoms with Crippen molar-refractivity contribution in [1.82, 2.24) is 14.6 Å². The molecule has 1 aromatic heterocycles. The Hall–Kier alpha value is -2.14. The van der Waals surface area contributed by atoms with E-state index < -0.39 is 0 Å². The highest BCUT2D eigenvalue weighted by atomic mass is 16.7. The van der Waals surface area contributed by atoms with Crippen LogP contribution >= 0.6 is 0 Å². The Morgan fingerprint density at radius 1 is 1.12 bits per heavy atom. The third kappa shape index (κ3) is 2.58. The summed E-state index contributed by atoms with van der Waals surface area (Å²) in [6, 6.07) is 10.2. The SMILES string of the molecule is O=C(c1nc(-c2ccccc2)n2c1CCCCC2)N1CC2(CC2)CO1. The van der Waals surface area contributed by atoms with Crippen molar-refractivity contribution < 1.29 is 9.63 Å². The number of nitrogens with zero attached hydrogens (tertiary/aromatic N) is 3. The van der Waals surface area contributed by atoms with Gasteiger partial charge in [0.2, 0.25) is 0 Å². The van der Waals surface area contributed by atoms with Crippen molar-refractivity contribution in [3.63, 3.8) is 0 Å². The second kappa shape index (κ2) is 5.70. The molecule has 0 N–H and O–H groups in total. The smallest absolute Gasteiger partial charge is 0.297 e. The van der Waals surface area contributed by atoms with E-state index in [0.717, 1.165) is 49.4 Å². The van der Waals surface area contributed by atoms with E-state index in [-0.39, 0.29) is 11.3 Å². The molecule has 1 spiro atoms. The molecule has 130 valence electrons. The predicted octanol–water partition coefficient (Wildman–Crippen LogP) is 3.44. The molecular formula is C20H23N3O2. The van der Waals surface area contributed by atoms with Gasteiger partial charge >= 0.3 is 0 Å². The molecule has 0 radical (unpaired) electrons. The van der Waals surface area contributed by atoms with Crippen molar-refractivity contribution in [1.29, 1.82) is 0 Å². The predicted molar refractivity (Wildman–Crippen MR) is 93.9 cm³/mol. The Kier molecular flexibility index (Phi) is 3.45. The average Bonchev–Trinajstić information content (AvgIpc) is 3.22. The number of aromatic nitrogens is 2. The Bertz CT molecular complexity index is 808. The first-order valence-electron chi connectivity index (χ1n) is 9.35. The second-order valence-electron chi connectivity index (χ2n) is 7.67. The number of benzene rings is 1. The first-order valence-corrected chi connectivity index (χ1v) is 9.35. The lowest BCUT2D eigenvalue weighted by atomic mass is 10.1. The highest BCUT2D eigenvalue weighted by Gasteiger charge is 2.51. The summed E-state index contributed by atoms with van der Waals surface area (Å²) in [5.74, 6) is 0.859. The van der Waals surface area contributed by atoms with Gasteiger partial charge in [-0.15, -0.1) is 0 Å². The van der Waals surface area contributed by atoms with Crippen LogP contribution in [0.25, 0.3) is 11.4 Å². The van der Waals surface area contributed by atoms with Crippen LogP contribution in [0.1, 0.15) is 48.3 Å². The third-order valence-corrected chi connectivity index (χ3v) is 5.79. The lowest BCUT2D eigenvalue weighted by Gasteiger charge is -2.14. The van der Waals surface area contributed by atoms with E-state index in [0.29, 0.717) is 12.3 Å². The minimum atomic E-state index is -0.0587. The van der Waals surface area contributed by atoms with Crippen molar-refractivity contribution in [2.45, 2.75) is 45.1 Å². The van der Waals surface area contributed by atoms with Crippen LogP contribution < -0.4 is 0 Å². The summed E-state index contributed by atoms with van der Waals surface area (Å²) in [7, 11) is 0. The number of carbonyl (C=O) groups excluding carboxylic acids is 1. The quantitative estimate of drug-likeness (QED) is 0.843. The number of amides is 1. The highest BCUT2D eigenvalue weighted by molar-refractivity contribution is 5.94. The van der Waals surface area contributed by atoms with Gasteiger partial charge in [-0.05, 0) is 32.1 Å². The van der Waals surface area contributed by atoms with Gasteiger partial charge < -0.3 is 4.57 Å². The van der Waals surface area contributed by atoms with Crippen LogP contribution in [-0.2, 0) is 17.8 Å². The van der Waals surface area contributed by atoms with Crippen LogP contribution in [0.5, 0.6) is 0 Å². The number of fused-ring (bicyclic) bond motifs is 1. The second-order valence-corrected chi connectivity index (χ2v) is 7.67. The van der Waals surface area contributed by atoms with E-state index in [9.17, 15) is 4.79 Å². The lowest BCUT2D eigenvalue weighted by molar-refractivity contribution is -0.0778. The first kappa shape index (κ1) is 15.1. The standard InChI is InChI=1S/C20H23N3O2/c24-19(23-13-20(10-11-20)14-25-23)17-16-9-5-2-6-12-22(16)18(21-17)15-7-3-1-4-8-15/h1,3-4,7-8H,2,5-6,9-14H2. The Balaban J connectivity index is 1.55.